The molecule has 1 aliphatic heterocycles. The summed E-state index contributed by atoms with van der Waals surface area (Å²) in [6.45, 7) is 2.86. The van der Waals surface area contributed by atoms with E-state index in [-0.39, 0.29) is 5.56 Å². The second-order valence-corrected chi connectivity index (χ2v) is 4.75. The van der Waals surface area contributed by atoms with Gasteiger partial charge in [-0.25, -0.2) is 0 Å². The zero-order chi connectivity index (χ0) is 14.9. The van der Waals surface area contributed by atoms with Gasteiger partial charge in [-0.15, -0.1) is 0 Å². The molecule has 0 spiro atoms. The molecule has 1 aromatic rings. The van der Waals surface area contributed by atoms with Gasteiger partial charge in [0.15, 0.2) is 0 Å². The summed E-state index contributed by atoms with van der Waals surface area (Å²) >= 11 is 0. The van der Waals surface area contributed by atoms with Gasteiger partial charge in [0.2, 0.25) is 0 Å². The number of aromatic amines is 1. The zero-order valence-corrected chi connectivity index (χ0v) is 11.3. The zero-order valence-electron chi connectivity index (χ0n) is 11.3. The van der Waals surface area contributed by atoms with E-state index in [1.807, 2.05) is 0 Å². The summed E-state index contributed by atoms with van der Waals surface area (Å²) < 4.78 is 5.46. The third kappa shape index (κ3) is 2.49. The highest BCUT2D eigenvalue weighted by Crippen LogP contribution is 2.34. The lowest BCUT2D eigenvalue weighted by molar-refractivity contribution is -0.0229. The van der Waals surface area contributed by atoms with Crippen LogP contribution >= 0.6 is 0 Å². The fourth-order valence-corrected chi connectivity index (χ4v) is 2.26. The summed E-state index contributed by atoms with van der Waals surface area (Å²) in [5.41, 5.74) is 1.04. The molecular weight excluding hydrogens is 262 g/mol. The van der Waals surface area contributed by atoms with Gasteiger partial charge in [0, 0.05) is 11.1 Å². The number of aromatic nitrogens is 1. The Hall–Kier alpha value is -1.65. The summed E-state index contributed by atoms with van der Waals surface area (Å²) in [6, 6.07) is 1.58. The van der Waals surface area contributed by atoms with Crippen LogP contribution in [0.1, 0.15) is 29.8 Å². The molecule has 6 nitrogen and oxygen atoms in total. The van der Waals surface area contributed by atoms with E-state index in [1.165, 1.54) is 0 Å². The number of pyridine rings is 1. The van der Waals surface area contributed by atoms with Gasteiger partial charge < -0.3 is 25.0 Å². The molecule has 6 heteroatoms. The standard InChI is InChI=1S/C14H17NO5/c1-3-4-9-8(5-7(2)14(19)15-9)13-12(18)11(17)10(6-16)20-13/h5,10-13,16-18H,6H2,1-2H3,(H,15,19)/t10-,11?,12?,13+/m1/s1. The molecule has 0 saturated carbocycles. The van der Waals surface area contributed by atoms with Crippen molar-refractivity contribution in [3.63, 3.8) is 0 Å². The summed E-state index contributed by atoms with van der Waals surface area (Å²) in [6.07, 6.45) is -4.06. The highest BCUT2D eigenvalue weighted by atomic mass is 16.6. The van der Waals surface area contributed by atoms with Crippen molar-refractivity contribution >= 4 is 0 Å². The minimum Gasteiger partial charge on any atom is -0.394 e. The molecular formula is C14H17NO5. The predicted octanol–water partition coefficient (Wildman–Crippen LogP) is -0.791. The third-order valence-corrected chi connectivity index (χ3v) is 3.36. The van der Waals surface area contributed by atoms with Crippen LogP contribution in [0.4, 0.5) is 0 Å². The normalized spacial score (nSPS) is 29.1. The van der Waals surface area contributed by atoms with E-state index in [9.17, 15) is 15.0 Å². The van der Waals surface area contributed by atoms with E-state index in [0.29, 0.717) is 16.8 Å². The van der Waals surface area contributed by atoms with Crippen LogP contribution in [0.25, 0.3) is 0 Å². The van der Waals surface area contributed by atoms with E-state index < -0.39 is 31.0 Å². The lowest BCUT2D eigenvalue weighted by Crippen LogP contribution is -2.32. The topological polar surface area (TPSA) is 103 Å². The van der Waals surface area contributed by atoms with Crippen LogP contribution in [0.3, 0.4) is 0 Å². The number of aliphatic hydroxyl groups excluding tert-OH is 3. The lowest BCUT2D eigenvalue weighted by Gasteiger charge is -2.17. The largest absolute Gasteiger partial charge is 0.394 e. The molecule has 108 valence electrons. The van der Waals surface area contributed by atoms with Gasteiger partial charge >= 0.3 is 0 Å². The predicted molar refractivity (Wildman–Crippen MR) is 71.1 cm³/mol. The van der Waals surface area contributed by atoms with Crippen molar-refractivity contribution in [2.75, 3.05) is 6.61 Å². The van der Waals surface area contributed by atoms with E-state index in [4.69, 9.17) is 9.84 Å². The Morgan fingerprint density at radius 1 is 1.40 bits per heavy atom. The summed E-state index contributed by atoms with van der Waals surface area (Å²) in [7, 11) is 0. The number of H-pyrrole nitrogens is 1. The van der Waals surface area contributed by atoms with E-state index in [0.717, 1.165) is 0 Å². The van der Waals surface area contributed by atoms with Crippen LogP contribution in [0.15, 0.2) is 10.9 Å². The van der Waals surface area contributed by atoms with Gasteiger partial charge in [0.05, 0.1) is 12.3 Å². The monoisotopic (exact) mass is 279 g/mol. The first kappa shape index (κ1) is 14.8. The maximum absolute atomic E-state index is 11.6. The number of ether oxygens (including phenoxy) is 1. The SMILES string of the molecule is CC#Cc1[nH]c(=O)c(C)cc1[C@@H]1O[C@H](CO)C(O)C1O. The average molecular weight is 279 g/mol. The molecule has 1 aliphatic rings. The molecule has 0 aliphatic carbocycles. The molecule has 0 radical (unpaired) electrons. The van der Waals surface area contributed by atoms with Crippen LogP contribution in [0.2, 0.25) is 0 Å². The van der Waals surface area contributed by atoms with E-state index in [1.54, 1.807) is 19.9 Å². The Balaban J connectivity index is 2.49. The van der Waals surface area contributed by atoms with E-state index in [2.05, 4.69) is 16.8 Å². The smallest absolute Gasteiger partial charge is 0.251 e. The Morgan fingerprint density at radius 3 is 2.65 bits per heavy atom. The molecule has 2 unspecified atom stereocenters. The van der Waals surface area contributed by atoms with Gasteiger partial charge in [-0.3, -0.25) is 4.79 Å². The molecule has 4 N–H and O–H groups in total. The van der Waals surface area contributed by atoms with Crippen LogP contribution in [-0.4, -0.2) is 45.2 Å². The van der Waals surface area contributed by atoms with Gasteiger partial charge in [-0.1, -0.05) is 5.92 Å². The molecule has 1 aromatic heterocycles. The number of rotatable bonds is 2. The molecule has 0 bridgehead atoms. The van der Waals surface area contributed by atoms with Gasteiger partial charge in [0.1, 0.15) is 24.4 Å². The first-order valence-corrected chi connectivity index (χ1v) is 6.28. The third-order valence-electron chi connectivity index (χ3n) is 3.36. The van der Waals surface area contributed by atoms with Crippen LogP contribution in [0.5, 0.6) is 0 Å². The van der Waals surface area contributed by atoms with Crippen molar-refractivity contribution in [3.05, 3.63) is 33.2 Å². The Bertz CT molecular complexity index is 612. The number of aryl methyl sites for hydroxylation is 1. The Labute approximate surface area is 116 Å². The fourth-order valence-electron chi connectivity index (χ4n) is 2.26. The second kappa shape index (κ2) is 5.77. The molecule has 2 heterocycles. The molecule has 1 saturated heterocycles. The number of hydrogen-bond acceptors (Lipinski definition) is 5. The lowest BCUT2D eigenvalue weighted by atomic mass is 9.99. The van der Waals surface area contributed by atoms with Gasteiger partial charge in [0.25, 0.3) is 5.56 Å². The van der Waals surface area contributed by atoms with Crippen molar-refractivity contribution in [1.82, 2.24) is 4.98 Å². The molecule has 0 aromatic carbocycles. The maximum Gasteiger partial charge on any atom is 0.251 e. The van der Waals surface area contributed by atoms with Crippen molar-refractivity contribution in [2.45, 2.75) is 38.3 Å². The van der Waals surface area contributed by atoms with Crippen LogP contribution in [-0.2, 0) is 4.74 Å². The van der Waals surface area contributed by atoms with Gasteiger partial charge in [-0.2, -0.15) is 0 Å². The first-order chi connectivity index (χ1) is 9.49. The van der Waals surface area contributed by atoms with Crippen LogP contribution in [0, 0.1) is 18.8 Å². The quantitative estimate of drug-likeness (QED) is 0.531. The highest BCUT2D eigenvalue weighted by Gasteiger charge is 2.43. The number of nitrogens with one attached hydrogen (secondary N) is 1. The van der Waals surface area contributed by atoms with Crippen molar-refractivity contribution in [2.24, 2.45) is 0 Å². The van der Waals surface area contributed by atoms with Crippen molar-refractivity contribution in [3.8, 4) is 11.8 Å². The van der Waals surface area contributed by atoms with Crippen molar-refractivity contribution < 1.29 is 20.1 Å². The summed E-state index contributed by atoms with van der Waals surface area (Å²) in [5, 5.41) is 28.9. The number of hydrogen-bond donors (Lipinski definition) is 4. The highest BCUT2D eigenvalue weighted by molar-refractivity contribution is 5.39. The first-order valence-electron chi connectivity index (χ1n) is 6.28. The summed E-state index contributed by atoms with van der Waals surface area (Å²) in [5.74, 6) is 5.43. The molecule has 20 heavy (non-hydrogen) atoms. The van der Waals surface area contributed by atoms with Crippen LogP contribution < -0.4 is 5.56 Å². The second-order valence-electron chi connectivity index (χ2n) is 4.75. The molecule has 1 fully saturated rings. The summed E-state index contributed by atoms with van der Waals surface area (Å²) in [4.78, 5) is 14.3. The van der Waals surface area contributed by atoms with E-state index >= 15 is 0 Å². The Morgan fingerprint density at radius 2 is 2.10 bits per heavy atom. The number of aliphatic hydroxyl groups is 3. The molecule has 4 atom stereocenters. The molecule has 0 amide bonds. The molecule has 2 rings (SSSR count). The average Bonchev–Trinajstić information content (AvgIpc) is 2.70. The fraction of sp³-hybridized carbons (Fsp3) is 0.500. The van der Waals surface area contributed by atoms with Crippen molar-refractivity contribution in [1.29, 1.82) is 0 Å². The minimum atomic E-state index is -1.19. The maximum atomic E-state index is 11.6. The Kier molecular flexibility index (Phi) is 4.26. The van der Waals surface area contributed by atoms with Gasteiger partial charge in [-0.05, 0) is 25.8 Å². The minimum absolute atomic E-state index is 0.266.